The number of ether oxygens (including phenoxy) is 1. The number of hydrogen-bond donors (Lipinski definition) is 2. The summed E-state index contributed by atoms with van der Waals surface area (Å²) < 4.78 is 5.68. The predicted octanol–water partition coefficient (Wildman–Crippen LogP) is 4.50. The van der Waals surface area contributed by atoms with Gasteiger partial charge in [0.2, 0.25) is 0 Å². The number of aromatic carboxylic acids is 1. The van der Waals surface area contributed by atoms with Crippen LogP contribution in [0.15, 0.2) is 48.0 Å². The highest BCUT2D eigenvalue weighted by Crippen LogP contribution is 2.29. The number of hydrogen-bond acceptors (Lipinski definition) is 6. The number of rotatable bonds is 5. The van der Waals surface area contributed by atoms with Crippen LogP contribution in [0.25, 0.3) is 0 Å². The molecular formula is C16H14ClN3O3S. The van der Waals surface area contributed by atoms with Gasteiger partial charge in [-0.15, -0.1) is 23.7 Å². The third kappa shape index (κ3) is 4.21. The van der Waals surface area contributed by atoms with E-state index >= 15 is 0 Å². The first-order chi connectivity index (χ1) is 11.1. The summed E-state index contributed by atoms with van der Waals surface area (Å²) in [5, 5.41) is 14.9. The Kier molecular flexibility index (Phi) is 5.73. The van der Waals surface area contributed by atoms with Crippen molar-refractivity contribution in [3.05, 3.63) is 59.2 Å². The molecule has 124 valence electrons. The van der Waals surface area contributed by atoms with Gasteiger partial charge >= 0.3 is 5.97 Å². The Labute approximate surface area is 148 Å². The minimum atomic E-state index is -1.10. The normalized spacial score (nSPS) is 9.88. The third-order valence-electron chi connectivity index (χ3n) is 2.92. The maximum absolute atomic E-state index is 11.3. The first-order valence-corrected chi connectivity index (χ1v) is 7.65. The lowest BCUT2D eigenvalue weighted by Gasteiger charge is -2.10. The number of halogens is 1. The molecule has 2 aromatic heterocycles. The highest BCUT2D eigenvalue weighted by atomic mass is 35.5. The average Bonchev–Trinajstić information content (AvgIpc) is 2.93. The minimum absolute atomic E-state index is 0. The SMILES string of the molecule is Cc1csc(Nc2cc(Oc3ccccc3)c(C(=O)O)cn2)n1.Cl. The largest absolute Gasteiger partial charge is 0.477 e. The molecule has 0 aliphatic carbocycles. The number of thiazole rings is 1. The van der Waals surface area contributed by atoms with Crippen LogP contribution in [0.5, 0.6) is 11.5 Å². The Morgan fingerprint density at radius 3 is 2.67 bits per heavy atom. The zero-order chi connectivity index (χ0) is 16.2. The van der Waals surface area contributed by atoms with Crippen molar-refractivity contribution in [2.24, 2.45) is 0 Å². The first kappa shape index (κ1) is 17.7. The van der Waals surface area contributed by atoms with Gasteiger partial charge in [0.25, 0.3) is 0 Å². The fourth-order valence-electron chi connectivity index (χ4n) is 1.89. The molecular weight excluding hydrogens is 350 g/mol. The molecule has 0 bridgehead atoms. The Balaban J connectivity index is 0.00000208. The van der Waals surface area contributed by atoms with Gasteiger partial charge in [-0.05, 0) is 19.1 Å². The van der Waals surface area contributed by atoms with Crippen molar-refractivity contribution in [2.75, 3.05) is 5.32 Å². The van der Waals surface area contributed by atoms with Gasteiger partial charge < -0.3 is 15.2 Å². The number of pyridine rings is 1. The van der Waals surface area contributed by atoms with Crippen LogP contribution in [0.4, 0.5) is 10.9 Å². The summed E-state index contributed by atoms with van der Waals surface area (Å²) in [5.74, 6) is 0.141. The summed E-state index contributed by atoms with van der Waals surface area (Å²) in [6, 6.07) is 10.5. The van der Waals surface area contributed by atoms with Gasteiger partial charge in [-0.2, -0.15) is 0 Å². The maximum atomic E-state index is 11.3. The average molecular weight is 364 g/mol. The highest BCUT2D eigenvalue weighted by molar-refractivity contribution is 7.13. The molecule has 24 heavy (non-hydrogen) atoms. The second-order valence-electron chi connectivity index (χ2n) is 4.71. The van der Waals surface area contributed by atoms with Crippen molar-refractivity contribution in [2.45, 2.75) is 6.92 Å². The van der Waals surface area contributed by atoms with E-state index in [0.29, 0.717) is 16.7 Å². The van der Waals surface area contributed by atoms with E-state index in [-0.39, 0.29) is 23.7 Å². The first-order valence-electron chi connectivity index (χ1n) is 6.77. The van der Waals surface area contributed by atoms with Crippen LogP contribution in [-0.4, -0.2) is 21.0 Å². The van der Waals surface area contributed by atoms with Crippen molar-refractivity contribution < 1.29 is 14.6 Å². The monoisotopic (exact) mass is 363 g/mol. The lowest BCUT2D eigenvalue weighted by Crippen LogP contribution is -2.03. The lowest BCUT2D eigenvalue weighted by molar-refractivity contribution is 0.0693. The molecule has 6 nitrogen and oxygen atoms in total. The molecule has 3 aromatic rings. The van der Waals surface area contributed by atoms with Gasteiger partial charge in [-0.1, -0.05) is 18.2 Å². The maximum Gasteiger partial charge on any atom is 0.341 e. The number of carboxylic acid groups (broad SMARTS) is 1. The number of carboxylic acids is 1. The quantitative estimate of drug-likeness (QED) is 0.694. The highest BCUT2D eigenvalue weighted by Gasteiger charge is 2.14. The number of aryl methyl sites for hydroxylation is 1. The summed E-state index contributed by atoms with van der Waals surface area (Å²) in [4.78, 5) is 19.7. The number of carbonyl (C=O) groups is 1. The molecule has 0 fully saturated rings. The van der Waals surface area contributed by atoms with E-state index < -0.39 is 5.97 Å². The van der Waals surface area contributed by atoms with Crippen molar-refractivity contribution in [1.82, 2.24) is 9.97 Å². The van der Waals surface area contributed by atoms with Crippen molar-refractivity contribution in [3.63, 3.8) is 0 Å². The molecule has 0 aliphatic rings. The van der Waals surface area contributed by atoms with E-state index in [9.17, 15) is 9.90 Å². The third-order valence-corrected chi connectivity index (χ3v) is 3.80. The van der Waals surface area contributed by atoms with E-state index in [1.54, 1.807) is 18.2 Å². The van der Waals surface area contributed by atoms with Gasteiger partial charge in [0.15, 0.2) is 5.13 Å². The van der Waals surface area contributed by atoms with Crippen LogP contribution >= 0.6 is 23.7 Å². The van der Waals surface area contributed by atoms with E-state index in [1.165, 1.54) is 17.5 Å². The second-order valence-corrected chi connectivity index (χ2v) is 5.56. The Morgan fingerprint density at radius 1 is 1.29 bits per heavy atom. The molecule has 0 radical (unpaired) electrons. The molecule has 0 amide bonds. The van der Waals surface area contributed by atoms with E-state index in [1.807, 2.05) is 30.5 Å². The van der Waals surface area contributed by atoms with Crippen LogP contribution in [0.2, 0.25) is 0 Å². The molecule has 0 saturated carbocycles. The van der Waals surface area contributed by atoms with Crippen LogP contribution in [0.3, 0.4) is 0 Å². The number of nitrogens with zero attached hydrogens (tertiary/aromatic N) is 2. The number of para-hydroxylation sites is 1. The number of nitrogens with one attached hydrogen (secondary N) is 1. The topological polar surface area (TPSA) is 84.3 Å². The molecule has 0 spiro atoms. The number of benzene rings is 1. The van der Waals surface area contributed by atoms with Gasteiger partial charge in [-0.3, -0.25) is 0 Å². The van der Waals surface area contributed by atoms with Gasteiger partial charge in [0.1, 0.15) is 22.9 Å². The number of aromatic nitrogens is 2. The lowest BCUT2D eigenvalue weighted by atomic mass is 10.2. The zero-order valence-electron chi connectivity index (χ0n) is 12.6. The van der Waals surface area contributed by atoms with Gasteiger partial charge in [-0.25, -0.2) is 14.8 Å². The van der Waals surface area contributed by atoms with Gasteiger partial charge in [0.05, 0.1) is 5.69 Å². The van der Waals surface area contributed by atoms with E-state index in [2.05, 4.69) is 15.3 Å². The van der Waals surface area contributed by atoms with E-state index in [0.717, 1.165) is 5.69 Å². The summed E-state index contributed by atoms with van der Waals surface area (Å²) >= 11 is 1.45. The van der Waals surface area contributed by atoms with Crippen LogP contribution < -0.4 is 10.1 Å². The van der Waals surface area contributed by atoms with Crippen molar-refractivity contribution >= 4 is 40.7 Å². The second kappa shape index (κ2) is 7.76. The van der Waals surface area contributed by atoms with E-state index in [4.69, 9.17) is 4.74 Å². The summed E-state index contributed by atoms with van der Waals surface area (Å²) in [6.45, 7) is 1.90. The predicted molar refractivity (Wildman–Crippen MR) is 95.1 cm³/mol. The number of anilines is 2. The molecule has 2 N–H and O–H groups in total. The molecule has 8 heteroatoms. The molecule has 0 atom stereocenters. The zero-order valence-corrected chi connectivity index (χ0v) is 14.2. The Hall–Kier alpha value is -2.64. The van der Waals surface area contributed by atoms with Crippen LogP contribution in [0, 0.1) is 6.92 Å². The van der Waals surface area contributed by atoms with Crippen LogP contribution in [0.1, 0.15) is 16.1 Å². The summed E-state index contributed by atoms with van der Waals surface area (Å²) in [5.41, 5.74) is 0.898. The summed E-state index contributed by atoms with van der Waals surface area (Å²) in [7, 11) is 0. The fourth-order valence-corrected chi connectivity index (χ4v) is 2.58. The molecule has 1 aromatic carbocycles. The van der Waals surface area contributed by atoms with Crippen molar-refractivity contribution in [1.29, 1.82) is 0 Å². The fraction of sp³-hybridized carbons (Fsp3) is 0.0625. The van der Waals surface area contributed by atoms with Crippen LogP contribution in [-0.2, 0) is 0 Å². The summed E-state index contributed by atoms with van der Waals surface area (Å²) in [6.07, 6.45) is 1.27. The smallest absolute Gasteiger partial charge is 0.341 e. The minimum Gasteiger partial charge on any atom is -0.477 e. The Bertz CT molecular complexity index is 840. The molecule has 0 aliphatic heterocycles. The van der Waals surface area contributed by atoms with Gasteiger partial charge in [0, 0.05) is 17.6 Å². The molecule has 2 heterocycles. The molecule has 0 unspecified atom stereocenters. The van der Waals surface area contributed by atoms with Crippen molar-refractivity contribution in [3.8, 4) is 11.5 Å². The molecule has 0 saturated heterocycles. The standard InChI is InChI=1S/C16H13N3O3S.ClH/c1-10-9-23-16(18-10)19-14-7-13(12(8-17-14)15(20)21)22-11-5-3-2-4-6-11;/h2-9H,1H3,(H,20,21)(H,17,18,19);1H. The molecule has 3 rings (SSSR count). The Morgan fingerprint density at radius 2 is 2.04 bits per heavy atom.